The second-order valence-electron chi connectivity index (χ2n) is 3.65. The van der Waals surface area contributed by atoms with Crippen molar-refractivity contribution in [2.24, 2.45) is 0 Å². The maximum atomic E-state index is 4.39. The van der Waals surface area contributed by atoms with Crippen molar-refractivity contribution in [2.45, 2.75) is 13.5 Å². The molecule has 0 bridgehead atoms. The van der Waals surface area contributed by atoms with Crippen molar-refractivity contribution in [1.82, 2.24) is 19.6 Å². The van der Waals surface area contributed by atoms with Gasteiger partial charge in [-0.2, -0.15) is 4.98 Å². The van der Waals surface area contributed by atoms with Crippen LogP contribution in [-0.4, -0.2) is 19.6 Å². The molecule has 0 aliphatic carbocycles. The van der Waals surface area contributed by atoms with Crippen LogP contribution in [0.4, 0.5) is 5.95 Å². The first-order valence-corrected chi connectivity index (χ1v) is 6.15. The molecule has 6 heteroatoms. The molecule has 86 valence electrons. The monoisotopic (exact) mass is 245 g/mol. The molecule has 0 aliphatic rings. The molecular weight excluding hydrogens is 234 g/mol. The molecule has 3 heterocycles. The average molecular weight is 245 g/mol. The third-order valence-corrected chi connectivity index (χ3v) is 3.21. The van der Waals surface area contributed by atoms with Gasteiger partial charge in [-0.3, -0.25) is 0 Å². The lowest BCUT2D eigenvalue weighted by atomic mass is 10.4. The van der Waals surface area contributed by atoms with Crippen molar-refractivity contribution in [3.05, 3.63) is 40.5 Å². The highest BCUT2D eigenvalue weighted by Crippen LogP contribution is 2.10. The minimum atomic E-state index is 0.634. The lowest BCUT2D eigenvalue weighted by Crippen LogP contribution is -2.01. The zero-order valence-electron chi connectivity index (χ0n) is 9.29. The van der Waals surface area contributed by atoms with Gasteiger partial charge in [0.05, 0.1) is 6.54 Å². The highest BCUT2D eigenvalue weighted by Gasteiger charge is 2.04. The lowest BCUT2D eigenvalue weighted by Gasteiger charge is -1.96. The molecule has 3 aromatic heterocycles. The normalized spacial score (nSPS) is 10.9. The van der Waals surface area contributed by atoms with Crippen LogP contribution in [0.1, 0.15) is 10.7 Å². The Morgan fingerprint density at radius 2 is 2.35 bits per heavy atom. The molecule has 0 amide bonds. The first-order valence-electron chi connectivity index (χ1n) is 5.27. The molecule has 17 heavy (non-hydrogen) atoms. The van der Waals surface area contributed by atoms with Crippen LogP contribution in [0.15, 0.2) is 29.8 Å². The molecule has 0 saturated heterocycles. The third-order valence-electron chi connectivity index (χ3n) is 2.43. The summed E-state index contributed by atoms with van der Waals surface area (Å²) in [7, 11) is 0. The number of fused-ring (bicyclic) bond motifs is 1. The zero-order chi connectivity index (χ0) is 11.7. The Morgan fingerprint density at radius 1 is 1.41 bits per heavy atom. The first kappa shape index (κ1) is 10.2. The number of pyridine rings is 1. The van der Waals surface area contributed by atoms with E-state index in [2.05, 4.69) is 20.4 Å². The van der Waals surface area contributed by atoms with E-state index in [1.165, 1.54) is 0 Å². The van der Waals surface area contributed by atoms with Crippen LogP contribution >= 0.6 is 11.3 Å². The largest absolute Gasteiger partial charge is 0.346 e. The summed E-state index contributed by atoms with van der Waals surface area (Å²) in [5.41, 5.74) is 1.92. The maximum Gasteiger partial charge on any atom is 0.243 e. The topological polar surface area (TPSA) is 55.1 Å². The van der Waals surface area contributed by atoms with Gasteiger partial charge in [-0.1, -0.05) is 6.07 Å². The molecule has 0 fully saturated rings. The molecule has 0 spiro atoms. The number of hydrogen-bond donors (Lipinski definition) is 1. The molecule has 1 N–H and O–H groups in total. The maximum absolute atomic E-state index is 4.39. The Labute approximate surface area is 102 Å². The average Bonchev–Trinajstić information content (AvgIpc) is 2.95. The van der Waals surface area contributed by atoms with Crippen molar-refractivity contribution >= 4 is 22.9 Å². The Balaban J connectivity index is 1.84. The van der Waals surface area contributed by atoms with Crippen LogP contribution in [0.2, 0.25) is 0 Å². The molecule has 0 radical (unpaired) electrons. The standard InChI is InChI=1S/C11H11N5S/c1-8-3-2-4-9-14-11(15-16(8)9)13-7-10-12-5-6-17-10/h2-6H,7H2,1H3,(H,13,15). The highest BCUT2D eigenvalue weighted by atomic mass is 32.1. The summed E-state index contributed by atoms with van der Waals surface area (Å²) in [6.45, 7) is 2.67. The summed E-state index contributed by atoms with van der Waals surface area (Å²) in [4.78, 5) is 8.59. The smallest absolute Gasteiger partial charge is 0.243 e. The molecule has 3 aromatic rings. The predicted octanol–water partition coefficient (Wildman–Crippen LogP) is 2.11. The number of thiazole rings is 1. The lowest BCUT2D eigenvalue weighted by molar-refractivity contribution is 0.908. The molecule has 3 rings (SSSR count). The van der Waals surface area contributed by atoms with Gasteiger partial charge in [-0.05, 0) is 19.1 Å². The van der Waals surface area contributed by atoms with E-state index in [4.69, 9.17) is 0 Å². The Kier molecular flexibility index (Phi) is 2.49. The Morgan fingerprint density at radius 3 is 3.12 bits per heavy atom. The summed E-state index contributed by atoms with van der Waals surface area (Å²) in [5, 5.41) is 10.5. The van der Waals surface area contributed by atoms with Crippen LogP contribution in [0.3, 0.4) is 0 Å². The number of nitrogens with one attached hydrogen (secondary N) is 1. The fourth-order valence-corrected chi connectivity index (χ4v) is 2.16. The van der Waals surface area contributed by atoms with Gasteiger partial charge in [0, 0.05) is 17.3 Å². The Bertz CT molecular complexity index is 628. The number of nitrogens with zero attached hydrogens (tertiary/aromatic N) is 4. The van der Waals surface area contributed by atoms with Gasteiger partial charge < -0.3 is 5.32 Å². The number of aromatic nitrogens is 4. The minimum Gasteiger partial charge on any atom is -0.346 e. The van der Waals surface area contributed by atoms with Crippen molar-refractivity contribution in [2.75, 3.05) is 5.32 Å². The van der Waals surface area contributed by atoms with Crippen molar-refractivity contribution in [3.8, 4) is 0 Å². The van der Waals surface area contributed by atoms with E-state index in [0.29, 0.717) is 12.5 Å². The number of anilines is 1. The van der Waals surface area contributed by atoms with Gasteiger partial charge in [0.15, 0.2) is 5.65 Å². The van der Waals surface area contributed by atoms with E-state index in [1.54, 1.807) is 17.5 Å². The van der Waals surface area contributed by atoms with Crippen molar-refractivity contribution < 1.29 is 0 Å². The second kappa shape index (κ2) is 4.14. The van der Waals surface area contributed by atoms with Gasteiger partial charge in [0.2, 0.25) is 5.95 Å². The van der Waals surface area contributed by atoms with Crippen LogP contribution in [0.5, 0.6) is 0 Å². The fraction of sp³-hybridized carbons (Fsp3) is 0.182. The SMILES string of the molecule is Cc1cccc2nc(NCc3nccs3)nn12. The minimum absolute atomic E-state index is 0.634. The molecule has 0 saturated carbocycles. The van der Waals surface area contributed by atoms with E-state index in [1.807, 2.05) is 35.0 Å². The quantitative estimate of drug-likeness (QED) is 0.767. The first-order chi connectivity index (χ1) is 8.33. The molecule has 0 unspecified atom stereocenters. The van der Waals surface area contributed by atoms with Gasteiger partial charge in [0.1, 0.15) is 5.01 Å². The van der Waals surface area contributed by atoms with Gasteiger partial charge >= 0.3 is 0 Å². The second-order valence-corrected chi connectivity index (χ2v) is 4.63. The predicted molar refractivity (Wildman–Crippen MR) is 67.2 cm³/mol. The summed E-state index contributed by atoms with van der Waals surface area (Å²) >= 11 is 1.62. The number of aryl methyl sites for hydroxylation is 1. The number of rotatable bonds is 3. The molecule has 0 aromatic carbocycles. The van der Waals surface area contributed by atoms with E-state index >= 15 is 0 Å². The van der Waals surface area contributed by atoms with E-state index in [9.17, 15) is 0 Å². The van der Waals surface area contributed by atoms with Crippen LogP contribution < -0.4 is 5.32 Å². The molecule has 5 nitrogen and oxygen atoms in total. The van der Waals surface area contributed by atoms with Gasteiger partial charge in [-0.25, -0.2) is 9.50 Å². The van der Waals surface area contributed by atoms with E-state index in [-0.39, 0.29) is 0 Å². The van der Waals surface area contributed by atoms with Gasteiger partial charge in [0.25, 0.3) is 0 Å². The fourth-order valence-electron chi connectivity index (χ4n) is 1.61. The van der Waals surface area contributed by atoms with Crippen molar-refractivity contribution in [3.63, 3.8) is 0 Å². The molecular formula is C11H11N5S. The van der Waals surface area contributed by atoms with Crippen LogP contribution in [0, 0.1) is 6.92 Å². The van der Waals surface area contributed by atoms with Gasteiger partial charge in [-0.15, -0.1) is 16.4 Å². The summed E-state index contributed by atoms with van der Waals surface area (Å²) in [6, 6.07) is 5.92. The van der Waals surface area contributed by atoms with Crippen LogP contribution in [-0.2, 0) is 6.54 Å². The Hall–Kier alpha value is -1.95. The zero-order valence-corrected chi connectivity index (χ0v) is 10.1. The summed E-state index contributed by atoms with van der Waals surface area (Å²) < 4.78 is 1.82. The summed E-state index contributed by atoms with van der Waals surface area (Å²) in [6.07, 6.45) is 1.79. The number of hydrogen-bond acceptors (Lipinski definition) is 5. The third kappa shape index (κ3) is 1.99. The summed E-state index contributed by atoms with van der Waals surface area (Å²) in [5.74, 6) is 0.634. The van der Waals surface area contributed by atoms with E-state index < -0.39 is 0 Å². The van der Waals surface area contributed by atoms with Crippen molar-refractivity contribution in [1.29, 1.82) is 0 Å². The van der Waals surface area contributed by atoms with Crippen LogP contribution in [0.25, 0.3) is 5.65 Å². The molecule has 0 aliphatic heterocycles. The highest BCUT2D eigenvalue weighted by molar-refractivity contribution is 7.09. The molecule has 0 atom stereocenters. The van der Waals surface area contributed by atoms with E-state index in [0.717, 1.165) is 16.3 Å².